The topological polar surface area (TPSA) is 59.3 Å². The van der Waals surface area contributed by atoms with Crippen molar-refractivity contribution in [2.24, 2.45) is 5.41 Å². The molecule has 0 bridgehead atoms. The summed E-state index contributed by atoms with van der Waals surface area (Å²) in [5.74, 6) is 1.03. The van der Waals surface area contributed by atoms with Crippen LogP contribution in [0.15, 0.2) is 23.8 Å². The van der Waals surface area contributed by atoms with Crippen molar-refractivity contribution in [2.75, 3.05) is 13.7 Å². The van der Waals surface area contributed by atoms with Gasteiger partial charge in [-0.15, -0.1) is 0 Å². The van der Waals surface area contributed by atoms with E-state index in [2.05, 4.69) is 0 Å². The number of methoxy groups -OCH3 is 1. The molecule has 0 aromatic heterocycles. The first-order chi connectivity index (χ1) is 9.83. The Kier molecular flexibility index (Phi) is 5.54. The summed E-state index contributed by atoms with van der Waals surface area (Å²) in [6.07, 6.45) is 1.58. The average molecular weight is 287 g/mol. The van der Waals surface area contributed by atoms with Crippen LogP contribution in [0.2, 0.25) is 0 Å². The van der Waals surface area contributed by atoms with Crippen molar-refractivity contribution in [3.8, 4) is 17.6 Å². The number of hydrogen-bond acceptors (Lipinski definition) is 4. The summed E-state index contributed by atoms with van der Waals surface area (Å²) in [7, 11) is 1.57. The van der Waals surface area contributed by atoms with E-state index in [1.807, 2.05) is 13.0 Å². The van der Waals surface area contributed by atoms with Gasteiger partial charge in [-0.1, -0.05) is 26.8 Å². The molecule has 0 amide bonds. The third-order valence-electron chi connectivity index (χ3n) is 2.84. The van der Waals surface area contributed by atoms with Gasteiger partial charge in [0, 0.05) is 5.41 Å². The van der Waals surface area contributed by atoms with Crippen LogP contribution >= 0.6 is 0 Å². The number of nitrogens with zero attached hydrogens (tertiary/aromatic N) is 1. The molecule has 0 saturated carbocycles. The van der Waals surface area contributed by atoms with Gasteiger partial charge in [-0.25, -0.2) is 0 Å². The Balaban J connectivity index is 3.21. The van der Waals surface area contributed by atoms with Crippen molar-refractivity contribution >= 4 is 11.9 Å². The minimum Gasteiger partial charge on any atom is -0.493 e. The lowest BCUT2D eigenvalue weighted by atomic mass is 9.86. The van der Waals surface area contributed by atoms with Gasteiger partial charge in [-0.2, -0.15) is 5.26 Å². The van der Waals surface area contributed by atoms with Crippen molar-refractivity contribution < 1.29 is 14.3 Å². The fourth-order valence-corrected chi connectivity index (χ4v) is 1.77. The lowest BCUT2D eigenvalue weighted by Crippen LogP contribution is -2.21. The highest BCUT2D eigenvalue weighted by Gasteiger charge is 2.25. The first-order valence-electron chi connectivity index (χ1n) is 6.81. The van der Waals surface area contributed by atoms with Gasteiger partial charge >= 0.3 is 0 Å². The Hall–Kier alpha value is -2.28. The van der Waals surface area contributed by atoms with Crippen LogP contribution in [0.25, 0.3) is 6.08 Å². The number of carbonyl (C=O) groups is 1. The molecule has 1 rings (SSSR count). The molecule has 0 fully saturated rings. The maximum absolute atomic E-state index is 12.2. The number of hydrogen-bond donors (Lipinski definition) is 0. The van der Waals surface area contributed by atoms with E-state index in [1.165, 1.54) is 0 Å². The smallest absolute Gasteiger partial charge is 0.178 e. The second-order valence-corrected chi connectivity index (χ2v) is 5.59. The maximum Gasteiger partial charge on any atom is 0.178 e. The number of ether oxygens (including phenoxy) is 2. The first kappa shape index (κ1) is 16.8. The van der Waals surface area contributed by atoms with Gasteiger partial charge in [0.2, 0.25) is 0 Å². The molecule has 1 aromatic rings. The summed E-state index contributed by atoms with van der Waals surface area (Å²) in [6.45, 7) is 7.77. The Morgan fingerprint density at radius 2 is 2.00 bits per heavy atom. The van der Waals surface area contributed by atoms with Crippen LogP contribution in [-0.4, -0.2) is 19.5 Å². The van der Waals surface area contributed by atoms with E-state index >= 15 is 0 Å². The molecule has 4 heteroatoms. The molecule has 0 radical (unpaired) electrons. The van der Waals surface area contributed by atoms with Crippen molar-refractivity contribution in [1.82, 2.24) is 0 Å². The predicted octanol–water partition coefficient (Wildman–Crippen LogP) is 3.62. The van der Waals surface area contributed by atoms with Crippen LogP contribution in [0.4, 0.5) is 0 Å². The summed E-state index contributed by atoms with van der Waals surface area (Å²) >= 11 is 0. The number of carbonyl (C=O) groups excluding carboxylic acids is 1. The Morgan fingerprint density at radius 1 is 1.33 bits per heavy atom. The molecule has 0 heterocycles. The van der Waals surface area contributed by atoms with Crippen molar-refractivity contribution in [2.45, 2.75) is 27.7 Å². The Labute approximate surface area is 126 Å². The van der Waals surface area contributed by atoms with E-state index in [1.54, 1.807) is 52.2 Å². The molecule has 0 aliphatic rings. The highest BCUT2D eigenvalue weighted by molar-refractivity contribution is 6.06. The van der Waals surface area contributed by atoms with E-state index in [9.17, 15) is 10.1 Å². The summed E-state index contributed by atoms with van der Waals surface area (Å²) in [5, 5.41) is 9.20. The zero-order valence-electron chi connectivity index (χ0n) is 13.2. The molecule has 1 aromatic carbocycles. The maximum atomic E-state index is 12.2. The van der Waals surface area contributed by atoms with Gasteiger partial charge < -0.3 is 9.47 Å². The van der Waals surface area contributed by atoms with Crippen LogP contribution in [0.3, 0.4) is 0 Å². The monoisotopic (exact) mass is 287 g/mol. The molecule has 0 aliphatic heterocycles. The standard InChI is InChI=1S/C17H21NO3/c1-6-21-15-10-12(7-8-14(15)20-5)9-13(11-18)16(19)17(2,3)4/h7-10H,6H2,1-5H3/b13-9+. The van der Waals surface area contributed by atoms with Gasteiger partial charge in [0.15, 0.2) is 17.3 Å². The third kappa shape index (κ3) is 4.35. The fraction of sp³-hybridized carbons (Fsp3) is 0.412. The van der Waals surface area contributed by atoms with Crippen molar-refractivity contribution in [3.63, 3.8) is 0 Å². The van der Waals surface area contributed by atoms with Gasteiger partial charge in [-0.3, -0.25) is 4.79 Å². The Morgan fingerprint density at radius 3 is 2.48 bits per heavy atom. The summed E-state index contributed by atoms with van der Waals surface area (Å²) < 4.78 is 10.7. The number of nitriles is 1. The zero-order chi connectivity index (χ0) is 16.0. The number of ketones is 1. The van der Waals surface area contributed by atoms with Crippen LogP contribution in [-0.2, 0) is 4.79 Å². The molecule has 0 spiro atoms. The summed E-state index contributed by atoms with van der Waals surface area (Å²) in [4.78, 5) is 12.2. The lowest BCUT2D eigenvalue weighted by Gasteiger charge is -2.15. The quantitative estimate of drug-likeness (QED) is 0.613. The van der Waals surface area contributed by atoms with Crippen LogP contribution in [0.5, 0.6) is 11.5 Å². The van der Waals surface area contributed by atoms with E-state index in [4.69, 9.17) is 9.47 Å². The predicted molar refractivity (Wildman–Crippen MR) is 82.2 cm³/mol. The molecule has 21 heavy (non-hydrogen) atoms. The molecular formula is C17H21NO3. The average Bonchev–Trinajstić information content (AvgIpc) is 2.43. The third-order valence-corrected chi connectivity index (χ3v) is 2.84. The second-order valence-electron chi connectivity index (χ2n) is 5.59. The lowest BCUT2D eigenvalue weighted by molar-refractivity contribution is -0.121. The van der Waals surface area contributed by atoms with Crippen molar-refractivity contribution in [3.05, 3.63) is 29.3 Å². The molecule has 112 valence electrons. The molecule has 0 saturated heterocycles. The zero-order valence-corrected chi connectivity index (χ0v) is 13.2. The van der Waals surface area contributed by atoms with E-state index in [-0.39, 0.29) is 11.4 Å². The minimum absolute atomic E-state index is 0.134. The van der Waals surface area contributed by atoms with Crippen LogP contribution in [0, 0.1) is 16.7 Å². The largest absolute Gasteiger partial charge is 0.493 e. The number of Topliss-reactive ketones (excluding diaryl/α,β-unsaturated/α-hetero) is 1. The minimum atomic E-state index is -0.587. The second kappa shape index (κ2) is 6.94. The molecule has 0 unspecified atom stereocenters. The summed E-state index contributed by atoms with van der Waals surface area (Å²) in [6, 6.07) is 7.28. The SMILES string of the molecule is CCOc1cc(/C=C(\C#N)C(=O)C(C)(C)C)ccc1OC. The van der Waals surface area contributed by atoms with Crippen LogP contribution < -0.4 is 9.47 Å². The van der Waals surface area contributed by atoms with E-state index in [0.29, 0.717) is 18.1 Å². The van der Waals surface area contributed by atoms with Gasteiger partial charge in [0.1, 0.15) is 6.07 Å². The number of benzene rings is 1. The van der Waals surface area contributed by atoms with E-state index < -0.39 is 5.41 Å². The van der Waals surface area contributed by atoms with E-state index in [0.717, 1.165) is 5.56 Å². The summed E-state index contributed by atoms with van der Waals surface area (Å²) in [5.41, 5.74) is 0.278. The molecule has 0 N–H and O–H groups in total. The highest BCUT2D eigenvalue weighted by Crippen LogP contribution is 2.29. The molecule has 0 aliphatic carbocycles. The number of rotatable bonds is 5. The highest BCUT2D eigenvalue weighted by atomic mass is 16.5. The molecule has 0 atom stereocenters. The first-order valence-corrected chi connectivity index (χ1v) is 6.81. The van der Waals surface area contributed by atoms with Crippen LogP contribution in [0.1, 0.15) is 33.3 Å². The normalized spacial score (nSPS) is 11.7. The molecule has 4 nitrogen and oxygen atoms in total. The van der Waals surface area contributed by atoms with Gasteiger partial charge in [0.05, 0.1) is 19.3 Å². The Bertz CT molecular complexity index is 589. The molecular weight excluding hydrogens is 266 g/mol. The number of allylic oxidation sites excluding steroid dienone is 1. The fourth-order valence-electron chi connectivity index (χ4n) is 1.77. The van der Waals surface area contributed by atoms with Gasteiger partial charge in [0.25, 0.3) is 0 Å². The van der Waals surface area contributed by atoms with Gasteiger partial charge in [-0.05, 0) is 30.7 Å². The van der Waals surface area contributed by atoms with Crippen molar-refractivity contribution in [1.29, 1.82) is 5.26 Å².